The minimum Gasteiger partial charge on any atom is -0.462 e. The third-order valence-corrected chi connectivity index (χ3v) is 5.16. The third kappa shape index (κ3) is 4.88. The fraction of sp³-hybridized carbons (Fsp3) is 0.588. The molecule has 1 atom stereocenters. The van der Waals surface area contributed by atoms with Crippen molar-refractivity contribution >= 4 is 11.3 Å². The van der Waals surface area contributed by atoms with E-state index in [4.69, 9.17) is 4.42 Å². The van der Waals surface area contributed by atoms with E-state index in [9.17, 15) is 5.11 Å². The van der Waals surface area contributed by atoms with E-state index in [1.807, 2.05) is 19.1 Å². The number of piperidine rings is 1. The van der Waals surface area contributed by atoms with E-state index in [1.54, 1.807) is 17.6 Å². The molecule has 23 heavy (non-hydrogen) atoms. The van der Waals surface area contributed by atoms with Crippen molar-refractivity contribution in [1.29, 1.82) is 0 Å². The Morgan fingerprint density at radius 1 is 1.48 bits per heavy atom. The van der Waals surface area contributed by atoms with Gasteiger partial charge in [0, 0.05) is 18.5 Å². The van der Waals surface area contributed by atoms with Gasteiger partial charge in [-0.15, -0.1) is 11.3 Å². The molecule has 3 rings (SSSR count). The van der Waals surface area contributed by atoms with Gasteiger partial charge in [0.25, 0.3) is 0 Å². The van der Waals surface area contributed by atoms with Crippen LogP contribution in [-0.2, 0) is 6.54 Å². The first-order valence-electron chi connectivity index (χ1n) is 8.30. The molecular formula is C17H25N3O2S. The molecule has 0 spiro atoms. The van der Waals surface area contributed by atoms with E-state index < -0.39 is 0 Å². The summed E-state index contributed by atoms with van der Waals surface area (Å²) < 4.78 is 5.38. The Bertz CT molecular complexity index is 574. The zero-order chi connectivity index (χ0) is 16.1. The fourth-order valence-corrected chi connectivity index (χ4v) is 3.84. The second kappa shape index (κ2) is 8.06. The fourth-order valence-electron chi connectivity index (χ4n) is 3.05. The van der Waals surface area contributed by atoms with Gasteiger partial charge < -0.3 is 19.7 Å². The molecule has 3 heterocycles. The lowest BCUT2D eigenvalue weighted by molar-refractivity contribution is 0.0998. The van der Waals surface area contributed by atoms with Crippen LogP contribution in [0, 0.1) is 5.92 Å². The highest BCUT2D eigenvalue weighted by Crippen LogP contribution is 2.24. The van der Waals surface area contributed by atoms with Crippen LogP contribution in [-0.4, -0.2) is 47.3 Å². The number of nitrogens with zero attached hydrogens (tertiary/aromatic N) is 2. The molecule has 0 radical (unpaired) electrons. The zero-order valence-electron chi connectivity index (χ0n) is 13.6. The summed E-state index contributed by atoms with van der Waals surface area (Å²) in [6, 6.07) is 3.83. The molecule has 2 aromatic rings. The molecule has 126 valence electrons. The zero-order valence-corrected chi connectivity index (χ0v) is 14.4. The van der Waals surface area contributed by atoms with Crippen LogP contribution in [0.4, 0.5) is 0 Å². The highest BCUT2D eigenvalue weighted by molar-refractivity contribution is 7.13. The molecule has 0 bridgehead atoms. The van der Waals surface area contributed by atoms with E-state index in [1.165, 1.54) is 12.8 Å². The minimum atomic E-state index is -0.224. The largest absolute Gasteiger partial charge is 0.462 e. The molecule has 1 fully saturated rings. The molecule has 5 nitrogen and oxygen atoms in total. The first kappa shape index (κ1) is 16.6. The molecule has 6 heteroatoms. The summed E-state index contributed by atoms with van der Waals surface area (Å²) in [6.45, 7) is 6.70. The van der Waals surface area contributed by atoms with E-state index in [0.717, 1.165) is 55.1 Å². The molecule has 2 N–H and O–H groups in total. The summed E-state index contributed by atoms with van der Waals surface area (Å²) >= 11 is 1.62. The molecule has 0 saturated carbocycles. The molecule has 1 saturated heterocycles. The molecule has 2 aromatic heterocycles. The van der Waals surface area contributed by atoms with E-state index in [2.05, 4.69) is 20.6 Å². The van der Waals surface area contributed by atoms with Gasteiger partial charge >= 0.3 is 0 Å². The van der Waals surface area contributed by atoms with Gasteiger partial charge in [-0.05, 0) is 57.5 Å². The molecule has 0 aromatic carbocycles. The van der Waals surface area contributed by atoms with Crippen molar-refractivity contribution in [2.45, 2.75) is 32.4 Å². The summed E-state index contributed by atoms with van der Waals surface area (Å²) in [5.41, 5.74) is 1.08. The number of hydrogen-bond acceptors (Lipinski definition) is 6. The SMILES string of the molecule is C[C@H](O)CN1CCC(CNCc2csc(-c3ccco3)n2)CC1. The van der Waals surface area contributed by atoms with Crippen molar-refractivity contribution in [3.05, 3.63) is 29.5 Å². The average molecular weight is 335 g/mol. The van der Waals surface area contributed by atoms with Gasteiger partial charge in [-0.1, -0.05) is 0 Å². The van der Waals surface area contributed by atoms with E-state index in [-0.39, 0.29) is 6.10 Å². The number of nitrogens with one attached hydrogen (secondary N) is 1. The van der Waals surface area contributed by atoms with Crippen LogP contribution in [0.2, 0.25) is 0 Å². The van der Waals surface area contributed by atoms with Crippen molar-refractivity contribution in [3.63, 3.8) is 0 Å². The number of likely N-dealkylation sites (tertiary alicyclic amines) is 1. The van der Waals surface area contributed by atoms with Gasteiger partial charge in [-0.3, -0.25) is 0 Å². The summed E-state index contributed by atoms with van der Waals surface area (Å²) in [5, 5.41) is 16.0. The maximum Gasteiger partial charge on any atom is 0.162 e. The molecular weight excluding hydrogens is 310 g/mol. The highest BCUT2D eigenvalue weighted by atomic mass is 32.1. The predicted molar refractivity (Wildman–Crippen MR) is 92.4 cm³/mol. The van der Waals surface area contributed by atoms with E-state index in [0.29, 0.717) is 0 Å². The Hall–Kier alpha value is -1.21. The second-order valence-corrected chi connectivity index (χ2v) is 7.20. The van der Waals surface area contributed by atoms with E-state index >= 15 is 0 Å². The van der Waals surface area contributed by atoms with Crippen molar-refractivity contribution in [2.24, 2.45) is 5.92 Å². The lowest BCUT2D eigenvalue weighted by atomic mass is 9.96. The van der Waals surface area contributed by atoms with Gasteiger partial charge in [0.2, 0.25) is 0 Å². The van der Waals surface area contributed by atoms with Crippen molar-refractivity contribution in [3.8, 4) is 10.8 Å². The summed E-state index contributed by atoms with van der Waals surface area (Å²) in [7, 11) is 0. The van der Waals surface area contributed by atoms with Crippen molar-refractivity contribution < 1.29 is 9.52 Å². The summed E-state index contributed by atoms with van der Waals surface area (Å²) in [5.74, 6) is 1.56. The quantitative estimate of drug-likeness (QED) is 0.814. The normalized spacial score (nSPS) is 18.3. The van der Waals surface area contributed by atoms with Crippen molar-refractivity contribution in [2.75, 3.05) is 26.2 Å². The lowest BCUT2D eigenvalue weighted by Crippen LogP contribution is -2.40. The summed E-state index contributed by atoms with van der Waals surface area (Å²) in [6.07, 6.45) is 3.86. The Morgan fingerprint density at radius 3 is 3.00 bits per heavy atom. The van der Waals surface area contributed by atoms with Crippen LogP contribution in [0.25, 0.3) is 10.8 Å². The van der Waals surface area contributed by atoms with Crippen LogP contribution < -0.4 is 5.32 Å². The molecule has 0 unspecified atom stereocenters. The molecule has 1 aliphatic rings. The number of aliphatic hydroxyl groups is 1. The average Bonchev–Trinajstić information content (AvgIpc) is 3.19. The minimum absolute atomic E-state index is 0.224. The van der Waals surface area contributed by atoms with Crippen LogP contribution in [0.1, 0.15) is 25.5 Å². The van der Waals surface area contributed by atoms with Crippen molar-refractivity contribution in [1.82, 2.24) is 15.2 Å². The number of hydrogen-bond donors (Lipinski definition) is 2. The maximum atomic E-state index is 9.44. The predicted octanol–water partition coefficient (Wildman–Crippen LogP) is 2.59. The highest BCUT2D eigenvalue weighted by Gasteiger charge is 2.19. The van der Waals surface area contributed by atoms with Gasteiger partial charge in [0.05, 0.1) is 18.1 Å². The molecule has 1 aliphatic heterocycles. The summed E-state index contributed by atoms with van der Waals surface area (Å²) in [4.78, 5) is 6.96. The smallest absolute Gasteiger partial charge is 0.162 e. The lowest BCUT2D eigenvalue weighted by Gasteiger charge is -2.32. The van der Waals surface area contributed by atoms with Crippen LogP contribution >= 0.6 is 11.3 Å². The monoisotopic (exact) mass is 335 g/mol. The van der Waals surface area contributed by atoms with Gasteiger partial charge in [-0.2, -0.15) is 0 Å². The number of furan rings is 1. The maximum absolute atomic E-state index is 9.44. The Balaban J connectivity index is 1.37. The van der Waals surface area contributed by atoms with Crippen LogP contribution in [0.15, 0.2) is 28.2 Å². The third-order valence-electron chi connectivity index (χ3n) is 4.25. The second-order valence-electron chi connectivity index (χ2n) is 6.35. The number of β-amino-alcohol motifs (C(OH)–C–C–N with tert-alkyl or cyclic N) is 1. The first-order chi connectivity index (χ1) is 11.2. The topological polar surface area (TPSA) is 61.5 Å². The Kier molecular flexibility index (Phi) is 5.83. The Morgan fingerprint density at radius 2 is 2.30 bits per heavy atom. The molecule has 0 aliphatic carbocycles. The van der Waals surface area contributed by atoms with Gasteiger partial charge in [-0.25, -0.2) is 4.98 Å². The number of thiazole rings is 1. The number of aliphatic hydroxyl groups excluding tert-OH is 1. The number of aromatic nitrogens is 1. The van der Waals surface area contributed by atoms with Crippen LogP contribution in [0.5, 0.6) is 0 Å². The standard InChI is InChI=1S/C17H25N3O2S/c1-13(21)11-20-6-4-14(5-7-20)9-18-10-15-12-23-17(19-15)16-3-2-8-22-16/h2-3,8,12-14,18,21H,4-7,9-11H2,1H3/t13-/m0/s1. The van der Waals surface area contributed by atoms with Gasteiger partial charge in [0.15, 0.2) is 10.8 Å². The first-order valence-corrected chi connectivity index (χ1v) is 9.18. The number of rotatable bonds is 7. The van der Waals surface area contributed by atoms with Crippen LogP contribution in [0.3, 0.4) is 0 Å². The van der Waals surface area contributed by atoms with Gasteiger partial charge in [0.1, 0.15) is 0 Å². The Labute approximate surface area is 141 Å². The molecule has 0 amide bonds.